The van der Waals surface area contributed by atoms with Crippen molar-refractivity contribution in [3.8, 4) is 0 Å². The third-order valence-corrected chi connectivity index (χ3v) is 1.00. The summed E-state index contributed by atoms with van der Waals surface area (Å²) in [6.45, 7) is 4.73. The SMILES string of the molecule is C=CC(=O)N/C=C(\C)C(N)=O. The Morgan fingerprint density at radius 2 is 2.09 bits per heavy atom. The molecule has 0 fully saturated rings. The van der Waals surface area contributed by atoms with Crippen LogP contribution in [0.4, 0.5) is 0 Å². The summed E-state index contributed by atoms with van der Waals surface area (Å²) in [5.41, 5.74) is 5.17. The Kier molecular flexibility index (Phi) is 3.66. The van der Waals surface area contributed by atoms with E-state index in [1.54, 1.807) is 0 Å². The highest BCUT2D eigenvalue weighted by atomic mass is 16.2. The average Bonchev–Trinajstić information content (AvgIpc) is 1.99. The van der Waals surface area contributed by atoms with E-state index in [1.807, 2.05) is 0 Å². The van der Waals surface area contributed by atoms with Crippen molar-refractivity contribution < 1.29 is 9.59 Å². The van der Waals surface area contributed by atoms with Crippen molar-refractivity contribution in [2.24, 2.45) is 5.73 Å². The van der Waals surface area contributed by atoms with Crippen LogP contribution in [-0.2, 0) is 9.59 Å². The lowest BCUT2D eigenvalue weighted by molar-refractivity contribution is -0.115. The fraction of sp³-hybridized carbons (Fsp3) is 0.143. The Bertz CT molecular complexity index is 218. The van der Waals surface area contributed by atoms with Gasteiger partial charge in [0.2, 0.25) is 11.8 Å². The molecule has 0 spiro atoms. The first-order valence-electron chi connectivity index (χ1n) is 2.97. The first-order valence-corrected chi connectivity index (χ1v) is 2.97. The van der Waals surface area contributed by atoms with Gasteiger partial charge in [0.15, 0.2) is 0 Å². The summed E-state index contributed by atoms with van der Waals surface area (Å²) in [7, 11) is 0. The van der Waals surface area contributed by atoms with Gasteiger partial charge in [-0.25, -0.2) is 0 Å². The van der Waals surface area contributed by atoms with E-state index in [2.05, 4.69) is 11.9 Å². The summed E-state index contributed by atoms with van der Waals surface area (Å²) in [5.74, 6) is -0.931. The third kappa shape index (κ3) is 3.91. The highest BCUT2D eigenvalue weighted by molar-refractivity contribution is 5.93. The Labute approximate surface area is 64.8 Å². The predicted molar refractivity (Wildman–Crippen MR) is 41.3 cm³/mol. The molecule has 0 aromatic carbocycles. The van der Waals surface area contributed by atoms with Crippen LogP contribution >= 0.6 is 0 Å². The zero-order valence-corrected chi connectivity index (χ0v) is 6.26. The van der Waals surface area contributed by atoms with Gasteiger partial charge < -0.3 is 11.1 Å². The normalized spacial score (nSPS) is 10.5. The van der Waals surface area contributed by atoms with Crippen molar-refractivity contribution >= 4 is 11.8 Å². The molecule has 0 saturated carbocycles. The third-order valence-electron chi connectivity index (χ3n) is 1.00. The molecule has 0 aliphatic rings. The van der Waals surface area contributed by atoms with E-state index < -0.39 is 5.91 Å². The average molecular weight is 154 g/mol. The molecule has 0 unspecified atom stereocenters. The van der Waals surface area contributed by atoms with Gasteiger partial charge in [0.25, 0.3) is 0 Å². The molecule has 3 N–H and O–H groups in total. The van der Waals surface area contributed by atoms with Gasteiger partial charge in [-0.3, -0.25) is 9.59 Å². The molecule has 0 saturated heterocycles. The molecule has 0 atom stereocenters. The Hall–Kier alpha value is -1.58. The van der Waals surface area contributed by atoms with E-state index in [0.717, 1.165) is 6.08 Å². The molecule has 0 aromatic rings. The molecule has 0 aliphatic carbocycles. The molecule has 0 radical (unpaired) electrons. The van der Waals surface area contributed by atoms with Gasteiger partial charge in [-0.2, -0.15) is 0 Å². The van der Waals surface area contributed by atoms with Crippen molar-refractivity contribution in [2.75, 3.05) is 0 Å². The summed E-state index contributed by atoms with van der Waals surface area (Å²) < 4.78 is 0. The molecule has 0 rings (SSSR count). The largest absolute Gasteiger partial charge is 0.366 e. The molecule has 0 aliphatic heterocycles. The van der Waals surface area contributed by atoms with Crippen molar-refractivity contribution in [3.63, 3.8) is 0 Å². The number of nitrogens with two attached hydrogens (primary N) is 1. The molecule has 2 amide bonds. The van der Waals surface area contributed by atoms with Crippen molar-refractivity contribution in [3.05, 3.63) is 24.4 Å². The summed E-state index contributed by atoms with van der Waals surface area (Å²) in [6.07, 6.45) is 2.34. The minimum absolute atomic E-state index is 0.292. The van der Waals surface area contributed by atoms with Gasteiger partial charge in [-0.05, 0) is 13.0 Å². The number of amides is 2. The van der Waals surface area contributed by atoms with Gasteiger partial charge in [0, 0.05) is 11.8 Å². The number of nitrogens with one attached hydrogen (secondary N) is 1. The second kappa shape index (κ2) is 4.27. The van der Waals surface area contributed by atoms with Crippen LogP contribution in [0.2, 0.25) is 0 Å². The molecule has 0 heterocycles. The van der Waals surface area contributed by atoms with Crippen LogP contribution in [0.5, 0.6) is 0 Å². The Morgan fingerprint density at radius 1 is 1.55 bits per heavy atom. The summed E-state index contributed by atoms with van der Waals surface area (Å²) in [4.78, 5) is 20.9. The second-order valence-corrected chi connectivity index (χ2v) is 1.90. The second-order valence-electron chi connectivity index (χ2n) is 1.90. The lowest BCUT2D eigenvalue weighted by Gasteiger charge is -1.94. The van der Waals surface area contributed by atoms with E-state index in [-0.39, 0.29) is 5.91 Å². The predicted octanol–water partition coefficient (Wildman–Crippen LogP) is -0.322. The molecule has 4 nitrogen and oxygen atoms in total. The summed E-state index contributed by atoms with van der Waals surface area (Å²) in [5, 5.41) is 2.29. The van der Waals surface area contributed by atoms with Crippen LogP contribution in [0.25, 0.3) is 0 Å². The van der Waals surface area contributed by atoms with Crippen molar-refractivity contribution in [2.45, 2.75) is 6.92 Å². The number of rotatable bonds is 3. The van der Waals surface area contributed by atoms with Crippen LogP contribution in [0.3, 0.4) is 0 Å². The maximum atomic E-state index is 10.5. The first-order chi connectivity index (χ1) is 5.07. The number of carbonyl (C=O) groups is 2. The van der Waals surface area contributed by atoms with Crippen LogP contribution in [0, 0.1) is 0 Å². The van der Waals surface area contributed by atoms with Gasteiger partial charge in [-0.1, -0.05) is 6.58 Å². The molecule has 60 valence electrons. The van der Waals surface area contributed by atoms with E-state index in [4.69, 9.17) is 5.73 Å². The lowest BCUT2D eigenvalue weighted by Crippen LogP contribution is -2.18. The van der Waals surface area contributed by atoms with Gasteiger partial charge in [0.05, 0.1) is 0 Å². The highest BCUT2D eigenvalue weighted by Crippen LogP contribution is 1.85. The van der Waals surface area contributed by atoms with Gasteiger partial charge in [0.1, 0.15) is 0 Å². The Morgan fingerprint density at radius 3 is 2.45 bits per heavy atom. The first kappa shape index (κ1) is 9.42. The van der Waals surface area contributed by atoms with Crippen molar-refractivity contribution in [1.29, 1.82) is 0 Å². The highest BCUT2D eigenvalue weighted by Gasteiger charge is 1.96. The fourth-order valence-corrected chi connectivity index (χ4v) is 0.309. The Balaban J connectivity index is 4.02. The zero-order chi connectivity index (χ0) is 8.85. The number of carbonyl (C=O) groups excluding carboxylic acids is 2. The van der Waals surface area contributed by atoms with Crippen molar-refractivity contribution in [1.82, 2.24) is 5.32 Å². The summed E-state index contributed by atoms with van der Waals surface area (Å²) in [6, 6.07) is 0. The van der Waals surface area contributed by atoms with E-state index in [9.17, 15) is 9.59 Å². The quantitative estimate of drug-likeness (QED) is 0.547. The molecule has 4 heteroatoms. The topological polar surface area (TPSA) is 72.2 Å². The van der Waals surface area contributed by atoms with Gasteiger partial charge >= 0.3 is 0 Å². The maximum absolute atomic E-state index is 10.5. The smallest absolute Gasteiger partial charge is 0.247 e. The molecular formula is C7H10N2O2. The van der Waals surface area contributed by atoms with E-state index in [1.165, 1.54) is 13.1 Å². The van der Waals surface area contributed by atoms with E-state index >= 15 is 0 Å². The number of primary amides is 1. The molecule has 0 aromatic heterocycles. The molecule has 11 heavy (non-hydrogen) atoms. The van der Waals surface area contributed by atoms with Gasteiger partial charge in [-0.15, -0.1) is 0 Å². The monoisotopic (exact) mass is 154 g/mol. The van der Waals surface area contributed by atoms with Crippen LogP contribution < -0.4 is 11.1 Å². The standard InChI is InChI=1S/C7H10N2O2/c1-3-6(10)9-4-5(2)7(8)11/h3-4H,1H2,2H3,(H2,8,11)(H,9,10)/b5-4+. The maximum Gasteiger partial charge on any atom is 0.247 e. The lowest BCUT2D eigenvalue weighted by atomic mass is 10.3. The molecular weight excluding hydrogens is 144 g/mol. The van der Waals surface area contributed by atoms with E-state index in [0.29, 0.717) is 5.57 Å². The summed E-state index contributed by atoms with van der Waals surface area (Å²) >= 11 is 0. The van der Waals surface area contributed by atoms with Crippen LogP contribution in [0.15, 0.2) is 24.4 Å². The minimum atomic E-state index is -0.561. The zero-order valence-electron chi connectivity index (χ0n) is 6.26. The fourth-order valence-electron chi connectivity index (χ4n) is 0.309. The number of hydrogen-bond donors (Lipinski definition) is 2. The molecule has 0 bridgehead atoms. The minimum Gasteiger partial charge on any atom is -0.366 e. The number of hydrogen-bond acceptors (Lipinski definition) is 2. The van der Waals surface area contributed by atoms with Crippen LogP contribution in [0.1, 0.15) is 6.92 Å². The van der Waals surface area contributed by atoms with Crippen LogP contribution in [-0.4, -0.2) is 11.8 Å².